The summed E-state index contributed by atoms with van der Waals surface area (Å²) in [6, 6.07) is 7.60. The first-order valence-corrected chi connectivity index (χ1v) is 7.04. The lowest BCUT2D eigenvalue weighted by atomic mass is 10.0. The Morgan fingerprint density at radius 3 is 2.35 bits per heavy atom. The molecule has 0 radical (unpaired) electrons. The summed E-state index contributed by atoms with van der Waals surface area (Å²) >= 11 is 0. The molecule has 1 aliphatic heterocycles. The van der Waals surface area contributed by atoms with Gasteiger partial charge < -0.3 is 15.0 Å². The molecule has 1 atom stereocenters. The van der Waals surface area contributed by atoms with Crippen molar-refractivity contribution in [3.05, 3.63) is 29.8 Å². The molecule has 20 heavy (non-hydrogen) atoms. The monoisotopic (exact) mass is 284 g/mol. The van der Waals surface area contributed by atoms with Crippen LogP contribution in [0.25, 0.3) is 0 Å². The number of halogens is 2. The van der Waals surface area contributed by atoms with Crippen molar-refractivity contribution >= 4 is 0 Å². The normalized spacial score (nSPS) is 19.2. The largest absolute Gasteiger partial charge is 0.435 e. The predicted molar refractivity (Wildman–Crippen MR) is 75.1 cm³/mol. The third kappa shape index (κ3) is 4.42. The van der Waals surface area contributed by atoms with Crippen LogP contribution in [-0.4, -0.2) is 37.7 Å². The highest BCUT2D eigenvalue weighted by molar-refractivity contribution is 5.29. The minimum Gasteiger partial charge on any atom is -0.435 e. The Bertz CT molecular complexity index is 403. The number of alkyl halides is 2. The van der Waals surface area contributed by atoms with E-state index in [2.05, 4.69) is 28.9 Å². The van der Waals surface area contributed by atoms with Gasteiger partial charge in [-0.2, -0.15) is 8.78 Å². The first-order valence-electron chi connectivity index (χ1n) is 7.04. The Labute approximate surface area is 118 Å². The summed E-state index contributed by atoms with van der Waals surface area (Å²) in [6.45, 7) is 1.56. The fourth-order valence-electron chi connectivity index (χ4n) is 2.56. The van der Waals surface area contributed by atoms with E-state index in [4.69, 9.17) is 0 Å². The van der Waals surface area contributed by atoms with Crippen LogP contribution in [0.15, 0.2) is 24.3 Å². The van der Waals surface area contributed by atoms with Gasteiger partial charge in [0.15, 0.2) is 0 Å². The third-order valence-electron chi connectivity index (χ3n) is 3.81. The van der Waals surface area contributed by atoms with Gasteiger partial charge in [0.2, 0.25) is 0 Å². The molecule has 0 amide bonds. The van der Waals surface area contributed by atoms with Crippen molar-refractivity contribution in [2.45, 2.75) is 38.5 Å². The van der Waals surface area contributed by atoms with E-state index in [1.165, 1.54) is 0 Å². The van der Waals surface area contributed by atoms with E-state index in [0.717, 1.165) is 31.5 Å². The van der Waals surface area contributed by atoms with Crippen LogP contribution in [0.5, 0.6) is 5.75 Å². The van der Waals surface area contributed by atoms with Crippen LogP contribution in [0, 0.1) is 0 Å². The highest BCUT2D eigenvalue weighted by atomic mass is 19.3. The summed E-state index contributed by atoms with van der Waals surface area (Å²) in [5.41, 5.74) is 1.09. The maximum atomic E-state index is 12.1. The molecule has 1 aliphatic rings. The lowest BCUT2D eigenvalue weighted by Crippen LogP contribution is -2.41. The van der Waals surface area contributed by atoms with Crippen LogP contribution in [-0.2, 0) is 0 Å². The molecule has 1 fully saturated rings. The van der Waals surface area contributed by atoms with Crippen molar-refractivity contribution in [2.24, 2.45) is 0 Å². The van der Waals surface area contributed by atoms with Crippen molar-refractivity contribution in [1.29, 1.82) is 0 Å². The van der Waals surface area contributed by atoms with Crippen LogP contribution in [0.3, 0.4) is 0 Å². The fourth-order valence-corrected chi connectivity index (χ4v) is 2.56. The number of piperidine rings is 1. The Hall–Kier alpha value is -1.20. The number of ether oxygens (including phenoxy) is 1. The van der Waals surface area contributed by atoms with Gasteiger partial charge in [0.25, 0.3) is 0 Å². The van der Waals surface area contributed by atoms with E-state index in [9.17, 15) is 8.78 Å². The smallest absolute Gasteiger partial charge is 0.387 e. The van der Waals surface area contributed by atoms with Gasteiger partial charge in [-0.1, -0.05) is 12.1 Å². The standard InChI is InChI=1S/C15H22F2N2O/c1-11(18-13-7-9-19(2)10-8-13)12-3-5-14(6-4-12)20-15(16)17/h3-6,11,13,15,18H,7-10H2,1-2H3. The summed E-state index contributed by atoms with van der Waals surface area (Å²) in [4.78, 5) is 2.33. The highest BCUT2D eigenvalue weighted by Crippen LogP contribution is 2.21. The molecule has 1 aromatic rings. The van der Waals surface area contributed by atoms with E-state index >= 15 is 0 Å². The molecular formula is C15H22F2N2O. The number of rotatable bonds is 5. The number of likely N-dealkylation sites (tertiary alicyclic amines) is 1. The molecule has 5 heteroatoms. The Kier molecular flexibility index (Phi) is 5.31. The summed E-state index contributed by atoms with van der Waals surface area (Å²) in [5.74, 6) is 0.204. The van der Waals surface area contributed by atoms with Gasteiger partial charge in [0, 0.05) is 12.1 Å². The van der Waals surface area contributed by atoms with Crippen LogP contribution in [0.2, 0.25) is 0 Å². The van der Waals surface area contributed by atoms with Gasteiger partial charge in [-0.3, -0.25) is 0 Å². The molecular weight excluding hydrogens is 262 g/mol. The first kappa shape index (κ1) is 15.2. The molecule has 0 aromatic heterocycles. The van der Waals surface area contributed by atoms with Gasteiger partial charge in [0.1, 0.15) is 5.75 Å². The topological polar surface area (TPSA) is 24.5 Å². The lowest BCUT2D eigenvalue weighted by molar-refractivity contribution is -0.0498. The molecule has 0 bridgehead atoms. The molecule has 112 valence electrons. The third-order valence-corrected chi connectivity index (χ3v) is 3.81. The summed E-state index contributed by atoms with van der Waals surface area (Å²) in [5, 5.41) is 3.60. The van der Waals surface area contributed by atoms with Crippen LogP contribution in [0.1, 0.15) is 31.4 Å². The second-order valence-corrected chi connectivity index (χ2v) is 5.41. The summed E-state index contributed by atoms with van der Waals surface area (Å²) < 4.78 is 28.5. The fraction of sp³-hybridized carbons (Fsp3) is 0.600. The average Bonchev–Trinajstić information content (AvgIpc) is 2.41. The molecule has 1 heterocycles. The number of nitrogens with zero attached hydrogens (tertiary/aromatic N) is 1. The van der Waals surface area contributed by atoms with Crippen LogP contribution < -0.4 is 10.1 Å². The first-order chi connectivity index (χ1) is 9.54. The number of nitrogens with one attached hydrogen (secondary N) is 1. The second-order valence-electron chi connectivity index (χ2n) is 5.41. The minimum absolute atomic E-state index is 0.204. The lowest BCUT2D eigenvalue weighted by Gasteiger charge is -2.31. The van der Waals surface area contributed by atoms with Crippen LogP contribution in [0.4, 0.5) is 8.78 Å². The van der Waals surface area contributed by atoms with E-state index < -0.39 is 6.61 Å². The predicted octanol–water partition coefficient (Wildman–Crippen LogP) is 3.03. The van der Waals surface area contributed by atoms with E-state index in [1.54, 1.807) is 12.1 Å². The Morgan fingerprint density at radius 2 is 1.80 bits per heavy atom. The molecule has 2 rings (SSSR count). The highest BCUT2D eigenvalue weighted by Gasteiger charge is 2.18. The molecule has 1 aromatic carbocycles. The number of hydrogen-bond donors (Lipinski definition) is 1. The molecule has 0 aliphatic carbocycles. The van der Waals surface area contributed by atoms with Crippen molar-refractivity contribution in [2.75, 3.05) is 20.1 Å². The summed E-state index contributed by atoms with van der Waals surface area (Å²) in [7, 11) is 2.14. The second kappa shape index (κ2) is 6.99. The quantitative estimate of drug-likeness (QED) is 0.899. The molecule has 3 nitrogen and oxygen atoms in total. The van der Waals surface area contributed by atoms with Crippen molar-refractivity contribution in [3.63, 3.8) is 0 Å². The molecule has 1 unspecified atom stereocenters. The Morgan fingerprint density at radius 1 is 1.20 bits per heavy atom. The average molecular weight is 284 g/mol. The van der Waals surface area contributed by atoms with Gasteiger partial charge in [0.05, 0.1) is 0 Å². The van der Waals surface area contributed by atoms with E-state index in [-0.39, 0.29) is 11.8 Å². The molecule has 0 spiro atoms. The van der Waals surface area contributed by atoms with Gasteiger partial charge in [-0.25, -0.2) is 0 Å². The molecule has 1 N–H and O–H groups in total. The SMILES string of the molecule is CC(NC1CCN(C)CC1)c1ccc(OC(F)F)cc1. The van der Waals surface area contributed by atoms with Crippen molar-refractivity contribution in [3.8, 4) is 5.75 Å². The maximum Gasteiger partial charge on any atom is 0.387 e. The van der Waals surface area contributed by atoms with Gasteiger partial charge >= 0.3 is 6.61 Å². The van der Waals surface area contributed by atoms with E-state index in [1.807, 2.05) is 12.1 Å². The zero-order chi connectivity index (χ0) is 14.5. The zero-order valence-corrected chi connectivity index (χ0v) is 12.0. The van der Waals surface area contributed by atoms with Crippen LogP contribution >= 0.6 is 0 Å². The van der Waals surface area contributed by atoms with Crippen molar-refractivity contribution < 1.29 is 13.5 Å². The van der Waals surface area contributed by atoms with Crippen molar-refractivity contribution in [1.82, 2.24) is 10.2 Å². The molecule has 1 saturated heterocycles. The number of benzene rings is 1. The maximum absolute atomic E-state index is 12.1. The number of hydrogen-bond acceptors (Lipinski definition) is 3. The van der Waals surface area contributed by atoms with Gasteiger partial charge in [-0.05, 0) is 57.6 Å². The van der Waals surface area contributed by atoms with E-state index in [0.29, 0.717) is 6.04 Å². The Balaban J connectivity index is 1.87. The van der Waals surface area contributed by atoms with Gasteiger partial charge in [-0.15, -0.1) is 0 Å². The zero-order valence-electron chi connectivity index (χ0n) is 12.0. The molecule has 0 saturated carbocycles. The summed E-state index contributed by atoms with van der Waals surface area (Å²) in [6.07, 6.45) is 2.29. The minimum atomic E-state index is -2.77.